The molecule has 1 saturated heterocycles. The van der Waals surface area contributed by atoms with Gasteiger partial charge in [-0.1, -0.05) is 18.0 Å². The van der Waals surface area contributed by atoms with Gasteiger partial charge >= 0.3 is 0 Å². The molecular formula is C12H15N5O2. The molecule has 0 spiro atoms. The molecular weight excluding hydrogens is 246 g/mol. The van der Waals surface area contributed by atoms with Gasteiger partial charge in [-0.3, -0.25) is 4.79 Å². The summed E-state index contributed by atoms with van der Waals surface area (Å²) in [6.45, 7) is 0.978. The van der Waals surface area contributed by atoms with Crippen LogP contribution in [0.25, 0.3) is 11.6 Å². The van der Waals surface area contributed by atoms with E-state index in [1.807, 2.05) is 0 Å². The highest BCUT2D eigenvalue weighted by atomic mass is 16.5. The van der Waals surface area contributed by atoms with Crippen LogP contribution in [0, 0.1) is 0 Å². The van der Waals surface area contributed by atoms with Crippen molar-refractivity contribution >= 4 is 0 Å². The summed E-state index contributed by atoms with van der Waals surface area (Å²) in [5, 5.41) is 13.6. The maximum Gasteiger partial charge on any atom is 0.278 e. The van der Waals surface area contributed by atoms with Crippen LogP contribution in [0.4, 0.5) is 0 Å². The van der Waals surface area contributed by atoms with Gasteiger partial charge in [0.1, 0.15) is 5.69 Å². The van der Waals surface area contributed by atoms with Gasteiger partial charge in [0.05, 0.1) is 6.04 Å². The predicted molar refractivity (Wildman–Crippen MR) is 67.4 cm³/mol. The molecule has 0 radical (unpaired) electrons. The van der Waals surface area contributed by atoms with Crippen molar-refractivity contribution < 1.29 is 4.52 Å². The summed E-state index contributed by atoms with van der Waals surface area (Å²) in [5.74, 6) is 0.988. The molecule has 2 N–H and O–H groups in total. The zero-order valence-electron chi connectivity index (χ0n) is 10.4. The lowest BCUT2D eigenvalue weighted by Gasteiger charge is -2.09. The molecule has 1 atom stereocenters. The van der Waals surface area contributed by atoms with Crippen LogP contribution in [0.1, 0.15) is 37.5 Å². The van der Waals surface area contributed by atoms with Crippen molar-refractivity contribution in [2.75, 3.05) is 6.54 Å². The summed E-state index contributed by atoms with van der Waals surface area (Å²) in [6, 6.07) is 3.09. The zero-order chi connectivity index (χ0) is 13.1. The summed E-state index contributed by atoms with van der Waals surface area (Å²) in [6.07, 6.45) is 4.59. The molecule has 100 valence electrons. The summed E-state index contributed by atoms with van der Waals surface area (Å²) < 4.78 is 5.20. The second kappa shape index (κ2) is 5.31. The molecule has 0 bridgehead atoms. The van der Waals surface area contributed by atoms with Crippen LogP contribution < -0.4 is 10.9 Å². The number of nitrogens with one attached hydrogen (secondary N) is 2. The minimum Gasteiger partial charge on any atom is -0.332 e. The van der Waals surface area contributed by atoms with Crippen LogP contribution in [0.15, 0.2) is 21.5 Å². The van der Waals surface area contributed by atoms with Gasteiger partial charge in [-0.2, -0.15) is 10.1 Å². The minimum absolute atomic E-state index is 0.141. The monoisotopic (exact) mass is 261 g/mol. The van der Waals surface area contributed by atoms with Crippen molar-refractivity contribution in [1.29, 1.82) is 0 Å². The highest BCUT2D eigenvalue weighted by molar-refractivity contribution is 5.44. The number of aromatic nitrogens is 4. The lowest BCUT2D eigenvalue weighted by molar-refractivity contribution is 0.401. The third kappa shape index (κ3) is 2.70. The van der Waals surface area contributed by atoms with Crippen molar-refractivity contribution in [2.24, 2.45) is 0 Å². The first-order valence-corrected chi connectivity index (χ1v) is 6.46. The highest BCUT2D eigenvalue weighted by Gasteiger charge is 2.20. The van der Waals surface area contributed by atoms with Crippen molar-refractivity contribution in [2.45, 2.75) is 31.7 Å². The third-order valence-corrected chi connectivity index (χ3v) is 3.21. The molecule has 19 heavy (non-hydrogen) atoms. The second-order valence-electron chi connectivity index (χ2n) is 4.62. The van der Waals surface area contributed by atoms with E-state index in [-0.39, 0.29) is 11.6 Å². The van der Waals surface area contributed by atoms with Gasteiger partial charge in [-0.15, -0.1) is 0 Å². The van der Waals surface area contributed by atoms with Crippen LogP contribution in [-0.2, 0) is 0 Å². The first kappa shape index (κ1) is 12.0. The fraction of sp³-hybridized carbons (Fsp3) is 0.500. The maximum atomic E-state index is 10.9. The molecule has 1 unspecified atom stereocenters. The Labute approximate surface area is 109 Å². The van der Waals surface area contributed by atoms with Gasteiger partial charge < -0.3 is 9.84 Å². The second-order valence-corrected chi connectivity index (χ2v) is 4.62. The Kier molecular flexibility index (Phi) is 3.37. The lowest BCUT2D eigenvalue weighted by atomic mass is 10.1. The van der Waals surface area contributed by atoms with Crippen molar-refractivity contribution in [3.05, 3.63) is 28.3 Å². The number of rotatable bonds is 2. The lowest BCUT2D eigenvalue weighted by Crippen LogP contribution is -2.21. The average molecular weight is 261 g/mol. The van der Waals surface area contributed by atoms with E-state index in [0.717, 1.165) is 13.0 Å². The highest BCUT2D eigenvalue weighted by Crippen LogP contribution is 2.22. The number of hydrogen-bond donors (Lipinski definition) is 2. The normalized spacial score (nSPS) is 20.1. The number of hydrogen-bond acceptors (Lipinski definition) is 6. The molecule has 2 aromatic rings. The molecule has 7 heteroatoms. The van der Waals surface area contributed by atoms with Crippen LogP contribution in [0.3, 0.4) is 0 Å². The topological polar surface area (TPSA) is 96.7 Å². The van der Waals surface area contributed by atoms with E-state index in [2.05, 4.69) is 25.7 Å². The van der Waals surface area contributed by atoms with Crippen molar-refractivity contribution in [3.8, 4) is 11.6 Å². The number of aromatic amines is 1. The van der Waals surface area contributed by atoms with Gasteiger partial charge in [0.2, 0.25) is 0 Å². The molecule has 2 aromatic heterocycles. The summed E-state index contributed by atoms with van der Waals surface area (Å²) in [5.41, 5.74) is 0.223. The fourth-order valence-electron chi connectivity index (χ4n) is 2.19. The Hall–Kier alpha value is -2.02. The van der Waals surface area contributed by atoms with E-state index >= 15 is 0 Å². The maximum absolute atomic E-state index is 10.9. The van der Waals surface area contributed by atoms with Gasteiger partial charge in [0.15, 0.2) is 5.82 Å². The van der Waals surface area contributed by atoms with Crippen molar-refractivity contribution in [3.63, 3.8) is 0 Å². The van der Waals surface area contributed by atoms with Gasteiger partial charge in [-0.05, 0) is 25.5 Å². The first-order chi connectivity index (χ1) is 9.33. The molecule has 0 saturated carbocycles. The van der Waals surface area contributed by atoms with Gasteiger partial charge in [0, 0.05) is 6.07 Å². The predicted octanol–water partition coefficient (Wildman–Crippen LogP) is 1.02. The smallest absolute Gasteiger partial charge is 0.278 e. The van der Waals surface area contributed by atoms with E-state index < -0.39 is 0 Å². The van der Waals surface area contributed by atoms with E-state index in [0.29, 0.717) is 17.4 Å². The average Bonchev–Trinajstić information content (AvgIpc) is 2.76. The van der Waals surface area contributed by atoms with Crippen LogP contribution >= 0.6 is 0 Å². The minimum atomic E-state index is -0.256. The molecule has 1 aliphatic rings. The molecule has 3 rings (SSSR count). The fourth-order valence-corrected chi connectivity index (χ4v) is 2.19. The largest absolute Gasteiger partial charge is 0.332 e. The summed E-state index contributed by atoms with van der Waals surface area (Å²) >= 11 is 0. The summed E-state index contributed by atoms with van der Waals surface area (Å²) in [4.78, 5) is 15.3. The Bertz CT molecular complexity index is 578. The Morgan fingerprint density at radius 2 is 2.21 bits per heavy atom. The van der Waals surface area contributed by atoms with Gasteiger partial charge in [-0.25, -0.2) is 5.10 Å². The van der Waals surface area contributed by atoms with Crippen LogP contribution in [0.2, 0.25) is 0 Å². The standard InChI is InChI=1S/C12H15N5O2/c18-10-6-5-9(15-16-10)12-14-11(17-19-12)8-4-2-1-3-7-13-8/h5-6,8,13H,1-4,7H2,(H,16,18). The zero-order valence-corrected chi connectivity index (χ0v) is 10.4. The molecule has 1 fully saturated rings. The SMILES string of the molecule is O=c1ccc(-c2nc(C3CCCCCN3)no2)n[nH]1. The Morgan fingerprint density at radius 1 is 1.26 bits per heavy atom. The van der Waals surface area contributed by atoms with Crippen molar-refractivity contribution in [1.82, 2.24) is 25.7 Å². The molecule has 7 nitrogen and oxygen atoms in total. The quantitative estimate of drug-likeness (QED) is 0.838. The molecule has 3 heterocycles. The Morgan fingerprint density at radius 3 is 3.05 bits per heavy atom. The van der Waals surface area contributed by atoms with E-state index in [1.165, 1.54) is 25.3 Å². The third-order valence-electron chi connectivity index (χ3n) is 3.21. The number of H-pyrrole nitrogens is 1. The molecule has 0 aliphatic carbocycles. The first-order valence-electron chi connectivity index (χ1n) is 6.46. The number of nitrogens with zero attached hydrogens (tertiary/aromatic N) is 3. The van der Waals surface area contributed by atoms with Crippen LogP contribution in [-0.4, -0.2) is 26.9 Å². The Balaban J connectivity index is 1.82. The summed E-state index contributed by atoms with van der Waals surface area (Å²) in [7, 11) is 0. The molecule has 0 aromatic carbocycles. The molecule has 1 aliphatic heterocycles. The van der Waals surface area contributed by atoms with Gasteiger partial charge in [0.25, 0.3) is 11.4 Å². The van der Waals surface area contributed by atoms with E-state index in [4.69, 9.17) is 4.52 Å². The molecule has 0 amide bonds. The van der Waals surface area contributed by atoms with E-state index in [1.54, 1.807) is 6.07 Å². The van der Waals surface area contributed by atoms with E-state index in [9.17, 15) is 4.79 Å². The van der Waals surface area contributed by atoms with Crippen LogP contribution in [0.5, 0.6) is 0 Å².